The Kier molecular flexibility index (Phi) is 4.33. The fourth-order valence-electron chi connectivity index (χ4n) is 1.34. The molecule has 0 saturated carbocycles. The minimum Gasteiger partial charge on any atom is -0.423 e. The third-order valence-electron chi connectivity index (χ3n) is 2.25. The van der Waals surface area contributed by atoms with Crippen molar-refractivity contribution in [1.82, 2.24) is 4.98 Å². The van der Waals surface area contributed by atoms with Crippen molar-refractivity contribution in [2.75, 3.05) is 0 Å². The highest BCUT2D eigenvalue weighted by molar-refractivity contribution is 9.08. The molecule has 1 aromatic heterocycles. The zero-order valence-electron chi connectivity index (χ0n) is 9.27. The number of pyridine rings is 1. The molecule has 1 heterocycles. The van der Waals surface area contributed by atoms with Gasteiger partial charge in [0.2, 0.25) is 0 Å². The highest BCUT2D eigenvalue weighted by atomic mass is 79.9. The van der Waals surface area contributed by atoms with E-state index in [-0.39, 0.29) is 5.15 Å². The summed E-state index contributed by atoms with van der Waals surface area (Å²) in [6.07, 6.45) is 1.47. The van der Waals surface area contributed by atoms with Crippen molar-refractivity contribution in [3.63, 3.8) is 0 Å². The standard InChI is InChI=1S/C13H9BrClNO2/c14-8-9-1-3-11(4-2-9)18-13(17)10-5-6-16-12(15)7-10/h1-7H,8H2. The second-order valence-corrected chi connectivity index (χ2v) is 4.48. The van der Waals surface area contributed by atoms with Crippen LogP contribution in [0.4, 0.5) is 0 Å². The Hall–Kier alpha value is -1.39. The lowest BCUT2D eigenvalue weighted by molar-refractivity contribution is 0.0734. The highest BCUT2D eigenvalue weighted by Crippen LogP contribution is 2.16. The Balaban J connectivity index is 2.11. The molecule has 0 amide bonds. The van der Waals surface area contributed by atoms with Crippen LogP contribution in [0.5, 0.6) is 5.75 Å². The topological polar surface area (TPSA) is 39.2 Å². The molecule has 0 fully saturated rings. The second kappa shape index (κ2) is 5.98. The van der Waals surface area contributed by atoms with Crippen molar-refractivity contribution in [1.29, 1.82) is 0 Å². The maximum absolute atomic E-state index is 11.8. The van der Waals surface area contributed by atoms with E-state index in [0.717, 1.165) is 10.9 Å². The van der Waals surface area contributed by atoms with E-state index in [9.17, 15) is 4.79 Å². The number of alkyl halides is 1. The van der Waals surface area contributed by atoms with E-state index in [1.807, 2.05) is 12.1 Å². The number of hydrogen-bond donors (Lipinski definition) is 0. The predicted octanol–water partition coefficient (Wildman–Crippen LogP) is 3.85. The van der Waals surface area contributed by atoms with Gasteiger partial charge in [-0.1, -0.05) is 39.7 Å². The molecule has 5 heteroatoms. The molecule has 0 saturated heterocycles. The summed E-state index contributed by atoms with van der Waals surface area (Å²) in [6.45, 7) is 0. The Morgan fingerprint density at radius 2 is 2.00 bits per heavy atom. The number of hydrogen-bond acceptors (Lipinski definition) is 3. The summed E-state index contributed by atoms with van der Waals surface area (Å²) in [4.78, 5) is 15.6. The Bertz CT molecular complexity index is 557. The zero-order valence-corrected chi connectivity index (χ0v) is 11.6. The molecular weight excluding hydrogens is 318 g/mol. The second-order valence-electron chi connectivity index (χ2n) is 3.53. The first-order valence-electron chi connectivity index (χ1n) is 5.17. The van der Waals surface area contributed by atoms with E-state index in [4.69, 9.17) is 16.3 Å². The van der Waals surface area contributed by atoms with Crippen molar-refractivity contribution in [2.24, 2.45) is 0 Å². The molecular formula is C13H9BrClNO2. The summed E-state index contributed by atoms with van der Waals surface area (Å²) < 4.78 is 5.21. The molecule has 18 heavy (non-hydrogen) atoms. The van der Waals surface area contributed by atoms with Crippen molar-refractivity contribution in [3.05, 3.63) is 58.9 Å². The molecule has 0 N–H and O–H groups in total. The van der Waals surface area contributed by atoms with E-state index in [2.05, 4.69) is 20.9 Å². The minimum absolute atomic E-state index is 0.263. The third kappa shape index (κ3) is 3.31. The fraction of sp³-hybridized carbons (Fsp3) is 0.0769. The molecule has 92 valence electrons. The van der Waals surface area contributed by atoms with Gasteiger partial charge >= 0.3 is 5.97 Å². The van der Waals surface area contributed by atoms with Crippen molar-refractivity contribution in [3.8, 4) is 5.75 Å². The molecule has 3 nitrogen and oxygen atoms in total. The molecule has 0 aliphatic rings. The first-order valence-corrected chi connectivity index (χ1v) is 6.67. The number of esters is 1. The Labute approximate surface area is 118 Å². The molecule has 0 aliphatic carbocycles. The molecule has 0 spiro atoms. The number of nitrogens with zero attached hydrogens (tertiary/aromatic N) is 1. The van der Waals surface area contributed by atoms with Crippen LogP contribution in [0.25, 0.3) is 0 Å². The first kappa shape index (κ1) is 13.1. The summed E-state index contributed by atoms with van der Waals surface area (Å²) in [5, 5.41) is 1.03. The number of rotatable bonds is 3. The van der Waals surface area contributed by atoms with E-state index < -0.39 is 5.97 Å². The maximum Gasteiger partial charge on any atom is 0.343 e. The van der Waals surface area contributed by atoms with E-state index in [1.54, 1.807) is 18.2 Å². The molecule has 2 rings (SSSR count). The summed E-state index contributed by atoms with van der Waals surface area (Å²) in [6, 6.07) is 10.3. The van der Waals surface area contributed by atoms with Crippen LogP contribution in [0.1, 0.15) is 15.9 Å². The lowest BCUT2D eigenvalue weighted by Crippen LogP contribution is -2.08. The fourth-order valence-corrected chi connectivity index (χ4v) is 1.89. The molecule has 0 bridgehead atoms. The lowest BCUT2D eigenvalue weighted by Gasteiger charge is -2.04. The Morgan fingerprint density at radius 1 is 1.28 bits per heavy atom. The first-order chi connectivity index (χ1) is 8.69. The van der Waals surface area contributed by atoms with Gasteiger partial charge in [-0.15, -0.1) is 0 Å². The van der Waals surface area contributed by atoms with Gasteiger partial charge in [-0.05, 0) is 29.8 Å². The SMILES string of the molecule is O=C(Oc1ccc(CBr)cc1)c1ccnc(Cl)c1. The van der Waals surface area contributed by atoms with Crippen molar-refractivity contribution < 1.29 is 9.53 Å². The normalized spacial score (nSPS) is 10.1. The number of carbonyl (C=O) groups is 1. The predicted molar refractivity (Wildman–Crippen MR) is 73.3 cm³/mol. The van der Waals surface area contributed by atoms with Gasteiger partial charge in [0.15, 0.2) is 0 Å². The van der Waals surface area contributed by atoms with Crippen LogP contribution in [-0.2, 0) is 5.33 Å². The van der Waals surface area contributed by atoms with Gasteiger partial charge in [0.25, 0.3) is 0 Å². The number of benzene rings is 1. The van der Waals surface area contributed by atoms with Gasteiger partial charge in [-0.2, -0.15) is 0 Å². The summed E-state index contributed by atoms with van der Waals surface area (Å²) in [7, 11) is 0. The van der Waals surface area contributed by atoms with Crippen LogP contribution in [-0.4, -0.2) is 11.0 Å². The summed E-state index contributed by atoms with van der Waals surface area (Å²) >= 11 is 9.06. The van der Waals surface area contributed by atoms with E-state index in [1.165, 1.54) is 12.3 Å². The average molecular weight is 327 g/mol. The van der Waals surface area contributed by atoms with E-state index in [0.29, 0.717) is 11.3 Å². The Morgan fingerprint density at radius 3 is 2.61 bits per heavy atom. The number of halogens is 2. The number of ether oxygens (including phenoxy) is 1. The molecule has 1 aromatic carbocycles. The van der Waals surface area contributed by atoms with Gasteiger partial charge < -0.3 is 4.74 Å². The summed E-state index contributed by atoms with van der Waals surface area (Å²) in [5.74, 6) is 0.0449. The number of aromatic nitrogens is 1. The third-order valence-corrected chi connectivity index (χ3v) is 3.10. The molecule has 0 unspecified atom stereocenters. The van der Waals surface area contributed by atoms with Gasteiger partial charge in [0.1, 0.15) is 10.9 Å². The van der Waals surface area contributed by atoms with Gasteiger partial charge in [0, 0.05) is 11.5 Å². The zero-order chi connectivity index (χ0) is 13.0. The quantitative estimate of drug-likeness (QED) is 0.372. The van der Waals surface area contributed by atoms with Crippen LogP contribution in [0, 0.1) is 0 Å². The maximum atomic E-state index is 11.8. The molecule has 2 aromatic rings. The lowest BCUT2D eigenvalue weighted by atomic mass is 10.2. The molecule has 0 radical (unpaired) electrons. The van der Waals surface area contributed by atoms with Gasteiger partial charge in [0.05, 0.1) is 5.56 Å². The highest BCUT2D eigenvalue weighted by Gasteiger charge is 2.09. The molecule has 0 atom stereocenters. The van der Waals surface area contributed by atoms with Crippen LogP contribution < -0.4 is 4.74 Å². The van der Waals surface area contributed by atoms with Crippen LogP contribution in [0.3, 0.4) is 0 Å². The van der Waals surface area contributed by atoms with Crippen LogP contribution in [0.15, 0.2) is 42.6 Å². The van der Waals surface area contributed by atoms with Gasteiger partial charge in [-0.3, -0.25) is 0 Å². The van der Waals surface area contributed by atoms with Crippen molar-refractivity contribution in [2.45, 2.75) is 5.33 Å². The minimum atomic E-state index is -0.453. The average Bonchev–Trinajstić information content (AvgIpc) is 2.39. The van der Waals surface area contributed by atoms with Crippen LogP contribution in [0.2, 0.25) is 5.15 Å². The van der Waals surface area contributed by atoms with E-state index >= 15 is 0 Å². The molecule has 0 aliphatic heterocycles. The largest absolute Gasteiger partial charge is 0.423 e. The summed E-state index contributed by atoms with van der Waals surface area (Å²) in [5.41, 5.74) is 1.49. The van der Waals surface area contributed by atoms with Gasteiger partial charge in [-0.25, -0.2) is 9.78 Å². The number of carbonyl (C=O) groups excluding carboxylic acids is 1. The van der Waals surface area contributed by atoms with Crippen molar-refractivity contribution >= 4 is 33.5 Å². The smallest absolute Gasteiger partial charge is 0.343 e. The monoisotopic (exact) mass is 325 g/mol. The van der Waals surface area contributed by atoms with Crippen LogP contribution >= 0.6 is 27.5 Å².